The van der Waals surface area contributed by atoms with E-state index in [2.05, 4.69) is 40.7 Å². The Morgan fingerprint density at radius 3 is 2.19 bits per heavy atom. The lowest BCUT2D eigenvalue weighted by Gasteiger charge is -2.71. The van der Waals surface area contributed by atoms with Gasteiger partial charge in [0.1, 0.15) is 36.1 Å². The highest BCUT2D eigenvalue weighted by Gasteiger charge is 2.71. The zero-order valence-corrected chi connectivity index (χ0v) is 29.6. The molecule has 15 atom stereocenters. The van der Waals surface area contributed by atoms with E-state index in [1.165, 1.54) is 12.5 Å². The number of esters is 2. The summed E-state index contributed by atoms with van der Waals surface area (Å²) >= 11 is 0. The molecular formula is C37H58O11. The van der Waals surface area contributed by atoms with Crippen LogP contribution < -0.4 is 0 Å². The van der Waals surface area contributed by atoms with Crippen molar-refractivity contribution in [3.63, 3.8) is 0 Å². The van der Waals surface area contributed by atoms with E-state index in [9.17, 15) is 40.2 Å². The number of hydrogen-bond acceptors (Lipinski definition) is 11. The van der Waals surface area contributed by atoms with Crippen molar-refractivity contribution in [1.82, 2.24) is 0 Å². The molecule has 0 aromatic rings. The summed E-state index contributed by atoms with van der Waals surface area (Å²) in [4.78, 5) is 26.7. The molecule has 48 heavy (non-hydrogen) atoms. The molecule has 4 saturated carbocycles. The molecule has 0 spiro atoms. The number of ether oxygens (including phenoxy) is 3. The molecule has 6 rings (SSSR count). The SMILES string of the molecule is CC(=O)O[C@@]1(C)[C@@H]2CC[C@]3(C)[C@H](CC=C4[C@@H]5CC(C)(C)CC[C@]5(C(=O)O[C@H]5O[C@@H](CO)[C@H](O)[C@@H](O)[C@@H]5O)CC[C@]43C)[C@@]2(C)C[C@@H](O)[C@@H]1O. The van der Waals surface area contributed by atoms with Crippen molar-refractivity contribution >= 4 is 11.9 Å². The van der Waals surface area contributed by atoms with E-state index in [-0.39, 0.29) is 34.0 Å². The highest BCUT2D eigenvalue weighted by atomic mass is 16.7. The Kier molecular flexibility index (Phi) is 8.84. The van der Waals surface area contributed by atoms with Gasteiger partial charge in [-0.25, -0.2) is 0 Å². The number of carbonyl (C=O) groups excluding carboxylic acids is 2. The molecule has 0 unspecified atom stereocenters. The van der Waals surface area contributed by atoms with Gasteiger partial charge in [-0.1, -0.05) is 46.3 Å². The maximum absolute atomic E-state index is 14.4. The number of aliphatic hydroxyl groups is 6. The summed E-state index contributed by atoms with van der Waals surface area (Å²) in [5.74, 6) is -1.11. The third-order valence-corrected chi connectivity index (χ3v) is 15.0. The van der Waals surface area contributed by atoms with Gasteiger partial charge < -0.3 is 44.8 Å². The Morgan fingerprint density at radius 2 is 1.54 bits per heavy atom. The Hall–Kier alpha value is -1.60. The number of hydrogen-bond donors (Lipinski definition) is 6. The van der Waals surface area contributed by atoms with Crippen molar-refractivity contribution in [1.29, 1.82) is 0 Å². The predicted molar refractivity (Wildman–Crippen MR) is 173 cm³/mol. The van der Waals surface area contributed by atoms with Gasteiger partial charge in [-0.05, 0) is 98.2 Å². The third kappa shape index (κ3) is 4.99. The topological polar surface area (TPSA) is 183 Å². The molecule has 1 saturated heterocycles. The Bertz CT molecular complexity index is 1330. The quantitative estimate of drug-likeness (QED) is 0.190. The van der Waals surface area contributed by atoms with Gasteiger partial charge in [-0.3, -0.25) is 9.59 Å². The van der Waals surface area contributed by atoms with Gasteiger partial charge in [0.15, 0.2) is 0 Å². The van der Waals surface area contributed by atoms with Crippen molar-refractivity contribution in [2.75, 3.05) is 6.61 Å². The average Bonchev–Trinajstić information content (AvgIpc) is 3.00. The monoisotopic (exact) mass is 678 g/mol. The number of fused-ring (bicyclic) bond motifs is 7. The summed E-state index contributed by atoms with van der Waals surface area (Å²) in [6.07, 6.45) is -1.28. The minimum atomic E-state index is -1.66. The smallest absolute Gasteiger partial charge is 0.315 e. The lowest BCUT2D eigenvalue weighted by atomic mass is 9.34. The second-order valence-electron chi connectivity index (χ2n) is 18.0. The fourth-order valence-electron chi connectivity index (χ4n) is 12.2. The first kappa shape index (κ1) is 36.2. The van der Waals surface area contributed by atoms with Crippen LogP contribution in [0, 0.1) is 44.8 Å². The zero-order valence-electron chi connectivity index (χ0n) is 29.6. The minimum Gasteiger partial charge on any atom is -0.456 e. The molecule has 0 radical (unpaired) electrons. The standard InChI is InChI=1S/C37H58O11/c1-19(39)48-36(7)25-10-11-35(6)24(33(25,4)17-22(40)29(36)44)9-8-20-21-16-32(2,3)12-14-37(21,15-13-34(20,35)5)31(45)47-30-28(43)27(42)26(41)23(18-38)46-30/h8,21-30,38,40-44H,9-18H2,1-7H3/t21-,22+,23-,24+,25+,26-,27+,28-,29-,30+,33+,34+,35+,36-,37-/m0/s1. The summed E-state index contributed by atoms with van der Waals surface area (Å²) in [6.45, 7) is 13.9. The molecule has 0 amide bonds. The van der Waals surface area contributed by atoms with E-state index in [1.807, 2.05) is 0 Å². The fourth-order valence-corrected chi connectivity index (χ4v) is 12.2. The highest BCUT2D eigenvalue weighted by Crippen LogP contribution is 2.75. The predicted octanol–water partition coefficient (Wildman–Crippen LogP) is 2.76. The van der Waals surface area contributed by atoms with Gasteiger partial charge in [0.05, 0.1) is 18.1 Å². The van der Waals surface area contributed by atoms with Gasteiger partial charge in [-0.15, -0.1) is 0 Å². The number of aliphatic hydroxyl groups excluding tert-OH is 6. The van der Waals surface area contributed by atoms with Crippen LogP contribution in [0.1, 0.15) is 106 Å². The molecule has 1 heterocycles. The van der Waals surface area contributed by atoms with Crippen molar-refractivity contribution < 1.29 is 54.4 Å². The lowest BCUT2D eigenvalue weighted by molar-refractivity contribution is -0.297. The van der Waals surface area contributed by atoms with Crippen LogP contribution in [0.15, 0.2) is 11.6 Å². The molecule has 6 N–H and O–H groups in total. The molecule has 0 aromatic carbocycles. The second-order valence-corrected chi connectivity index (χ2v) is 18.0. The van der Waals surface area contributed by atoms with Gasteiger partial charge in [0.2, 0.25) is 6.29 Å². The van der Waals surface area contributed by atoms with E-state index in [0.717, 1.165) is 38.5 Å². The molecular weight excluding hydrogens is 620 g/mol. The number of carbonyl (C=O) groups is 2. The largest absolute Gasteiger partial charge is 0.456 e. The van der Waals surface area contributed by atoms with Crippen LogP contribution in [-0.2, 0) is 23.8 Å². The maximum atomic E-state index is 14.4. The van der Waals surface area contributed by atoms with Gasteiger partial charge in [0, 0.05) is 12.8 Å². The first-order chi connectivity index (χ1) is 22.2. The van der Waals surface area contributed by atoms with Gasteiger partial charge in [-0.2, -0.15) is 0 Å². The molecule has 1 aliphatic heterocycles. The first-order valence-electron chi connectivity index (χ1n) is 18.0. The van der Waals surface area contributed by atoms with Crippen molar-refractivity contribution in [3.8, 4) is 0 Å². The van der Waals surface area contributed by atoms with Crippen LogP contribution in [0.2, 0.25) is 0 Å². The summed E-state index contributed by atoms with van der Waals surface area (Å²) < 4.78 is 17.4. The van der Waals surface area contributed by atoms with Crippen LogP contribution in [-0.4, -0.2) is 97.7 Å². The molecule has 11 nitrogen and oxygen atoms in total. The van der Waals surface area contributed by atoms with Gasteiger partial charge in [0.25, 0.3) is 0 Å². The maximum Gasteiger partial charge on any atom is 0.315 e. The zero-order chi connectivity index (χ0) is 35.4. The second kappa shape index (κ2) is 11.7. The molecule has 272 valence electrons. The Balaban J connectivity index is 1.36. The lowest BCUT2D eigenvalue weighted by Crippen LogP contribution is -2.70. The number of allylic oxidation sites excluding steroid dienone is 2. The normalized spacial score (nSPS) is 52.8. The van der Waals surface area contributed by atoms with Crippen molar-refractivity contribution in [2.45, 2.75) is 155 Å². The average molecular weight is 679 g/mol. The molecule has 6 aliphatic rings. The van der Waals surface area contributed by atoms with Crippen LogP contribution in [0.4, 0.5) is 0 Å². The van der Waals surface area contributed by atoms with E-state index in [0.29, 0.717) is 19.3 Å². The molecule has 11 heteroatoms. The minimum absolute atomic E-state index is 0.0342. The summed E-state index contributed by atoms with van der Waals surface area (Å²) in [7, 11) is 0. The van der Waals surface area contributed by atoms with E-state index in [1.54, 1.807) is 6.92 Å². The van der Waals surface area contributed by atoms with E-state index < -0.39 is 77.9 Å². The number of rotatable bonds is 4. The fraction of sp³-hybridized carbons (Fsp3) is 0.892. The van der Waals surface area contributed by atoms with Gasteiger partial charge >= 0.3 is 11.9 Å². The summed E-state index contributed by atoms with van der Waals surface area (Å²) in [5, 5.41) is 63.5. The van der Waals surface area contributed by atoms with Crippen molar-refractivity contribution in [3.05, 3.63) is 11.6 Å². The molecule has 5 fully saturated rings. The van der Waals surface area contributed by atoms with Crippen LogP contribution >= 0.6 is 0 Å². The molecule has 5 aliphatic carbocycles. The van der Waals surface area contributed by atoms with Crippen LogP contribution in [0.5, 0.6) is 0 Å². The van der Waals surface area contributed by atoms with Crippen molar-refractivity contribution in [2.24, 2.45) is 44.8 Å². The summed E-state index contributed by atoms with van der Waals surface area (Å²) in [6, 6.07) is 0. The Morgan fingerprint density at radius 1 is 0.875 bits per heavy atom. The third-order valence-electron chi connectivity index (χ3n) is 15.0. The Labute approximate surface area is 284 Å². The van der Waals surface area contributed by atoms with Crippen LogP contribution in [0.3, 0.4) is 0 Å². The van der Waals surface area contributed by atoms with E-state index in [4.69, 9.17) is 14.2 Å². The highest BCUT2D eigenvalue weighted by molar-refractivity contribution is 5.79. The van der Waals surface area contributed by atoms with Crippen LogP contribution in [0.25, 0.3) is 0 Å². The molecule has 0 bridgehead atoms. The summed E-state index contributed by atoms with van der Waals surface area (Å²) in [5.41, 5.74) is -1.79. The molecule has 0 aromatic heterocycles. The van der Waals surface area contributed by atoms with E-state index >= 15 is 0 Å². The first-order valence-corrected chi connectivity index (χ1v) is 18.0.